The Balaban J connectivity index is 2.56. The van der Waals surface area contributed by atoms with Crippen LogP contribution in [0.5, 0.6) is 0 Å². The molecule has 1 amide bonds. The minimum atomic E-state index is -0.434. The number of nitrogens with zero attached hydrogens (tertiary/aromatic N) is 2. The molecule has 0 aliphatic rings. The lowest BCUT2D eigenvalue weighted by Crippen LogP contribution is -2.21. The fourth-order valence-electron chi connectivity index (χ4n) is 0.828. The van der Waals surface area contributed by atoms with Gasteiger partial charge in [-0.2, -0.15) is 0 Å². The summed E-state index contributed by atoms with van der Waals surface area (Å²) in [6.45, 7) is 2.20. The van der Waals surface area contributed by atoms with Crippen molar-refractivity contribution < 1.29 is 4.79 Å². The van der Waals surface area contributed by atoms with E-state index in [-0.39, 0.29) is 0 Å². The first kappa shape index (κ1) is 9.20. The lowest BCUT2D eigenvalue weighted by Gasteiger charge is -2.00. The maximum atomic E-state index is 10.7. The predicted octanol–water partition coefficient (Wildman–Crippen LogP) is 0.0344. The molecule has 1 heterocycles. The maximum Gasteiger partial charge on any atom is 0.295 e. The highest BCUT2D eigenvalue weighted by atomic mass is 16.1. The number of rotatable bonds is 2. The molecule has 4 nitrogen and oxygen atoms in total. The van der Waals surface area contributed by atoms with Gasteiger partial charge in [0.1, 0.15) is 6.33 Å². The van der Waals surface area contributed by atoms with Crippen LogP contribution >= 0.6 is 0 Å². The molecule has 0 aliphatic carbocycles. The lowest BCUT2D eigenvalue weighted by atomic mass is 10.3. The minimum Gasteiger partial charge on any atom is -0.340 e. The van der Waals surface area contributed by atoms with Crippen LogP contribution < -0.4 is 5.32 Å². The molecule has 0 spiro atoms. The third kappa shape index (κ3) is 2.91. The van der Waals surface area contributed by atoms with Gasteiger partial charge in [-0.05, 0) is 18.9 Å². The predicted molar refractivity (Wildman–Crippen MR) is 47.4 cm³/mol. The van der Waals surface area contributed by atoms with E-state index < -0.39 is 5.91 Å². The zero-order chi connectivity index (χ0) is 9.68. The van der Waals surface area contributed by atoms with Gasteiger partial charge in [0.25, 0.3) is 5.91 Å². The van der Waals surface area contributed by atoms with Crippen LogP contribution in [0, 0.1) is 19.3 Å². The Morgan fingerprint density at radius 1 is 1.69 bits per heavy atom. The summed E-state index contributed by atoms with van der Waals surface area (Å²) in [5, 5.41) is 2.51. The summed E-state index contributed by atoms with van der Waals surface area (Å²) >= 11 is 0. The summed E-state index contributed by atoms with van der Waals surface area (Å²) in [6, 6.07) is 1.79. The summed E-state index contributed by atoms with van der Waals surface area (Å²) < 4.78 is 0. The quantitative estimate of drug-likeness (QED) is 0.645. The summed E-state index contributed by atoms with van der Waals surface area (Å²) in [6.07, 6.45) is 6.32. The first-order valence-electron chi connectivity index (χ1n) is 3.74. The smallest absolute Gasteiger partial charge is 0.295 e. The Morgan fingerprint density at radius 3 is 3.08 bits per heavy atom. The largest absolute Gasteiger partial charge is 0.340 e. The van der Waals surface area contributed by atoms with Gasteiger partial charge in [0.15, 0.2) is 0 Å². The zero-order valence-corrected chi connectivity index (χ0v) is 7.24. The number of carbonyl (C=O) groups is 1. The molecule has 0 radical (unpaired) electrons. The molecule has 1 rings (SSSR count). The Morgan fingerprint density at radius 2 is 2.46 bits per heavy atom. The highest BCUT2D eigenvalue weighted by Gasteiger charge is 1.97. The average molecular weight is 175 g/mol. The van der Waals surface area contributed by atoms with E-state index in [9.17, 15) is 4.79 Å². The SMILES string of the molecule is C#CC(=O)NCc1cc(C)ncn1. The molecule has 0 unspecified atom stereocenters. The van der Waals surface area contributed by atoms with Crippen molar-refractivity contribution in [2.45, 2.75) is 13.5 Å². The summed E-state index contributed by atoms with van der Waals surface area (Å²) in [5.41, 5.74) is 1.61. The first-order valence-corrected chi connectivity index (χ1v) is 3.74. The molecular formula is C9H9N3O. The third-order valence-corrected chi connectivity index (χ3v) is 1.42. The second-order valence-corrected chi connectivity index (χ2v) is 2.48. The fraction of sp³-hybridized carbons (Fsp3) is 0.222. The first-order chi connectivity index (χ1) is 6.22. The van der Waals surface area contributed by atoms with Crippen LogP contribution in [-0.2, 0) is 11.3 Å². The van der Waals surface area contributed by atoms with Crippen molar-refractivity contribution in [1.29, 1.82) is 0 Å². The van der Waals surface area contributed by atoms with Gasteiger partial charge < -0.3 is 5.32 Å². The van der Waals surface area contributed by atoms with Crippen molar-refractivity contribution in [2.75, 3.05) is 0 Å². The number of amides is 1. The summed E-state index contributed by atoms with van der Waals surface area (Å²) in [7, 11) is 0. The van der Waals surface area contributed by atoms with E-state index in [1.54, 1.807) is 6.07 Å². The fourth-order valence-corrected chi connectivity index (χ4v) is 0.828. The topological polar surface area (TPSA) is 54.9 Å². The van der Waals surface area contributed by atoms with Gasteiger partial charge in [0.2, 0.25) is 0 Å². The van der Waals surface area contributed by atoms with Crippen LogP contribution in [0.25, 0.3) is 0 Å². The molecule has 0 saturated carbocycles. The van der Waals surface area contributed by atoms with Crippen LogP contribution in [0.4, 0.5) is 0 Å². The van der Waals surface area contributed by atoms with Crippen LogP contribution in [0.15, 0.2) is 12.4 Å². The van der Waals surface area contributed by atoms with Gasteiger partial charge >= 0.3 is 0 Å². The molecule has 0 saturated heterocycles. The molecule has 1 aromatic heterocycles. The molecule has 1 N–H and O–H groups in total. The normalized spacial score (nSPS) is 8.92. The van der Waals surface area contributed by atoms with E-state index in [0.717, 1.165) is 11.4 Å². The summed E-state index contributed by atoms with van der Waals surface area (Å²) in [4.78, 5) is 18.6. The minimum absolute atomic E-state index is 0.340. The van der Waals surface area contributed by atoms with Gasteiger partial charge in [-0.3, -0.25) is 4.79 Å². The molecule has 0 atom stereocenters. The Labute approximate surface area is 76.4 Å². The highest BCUT2D eigenvalue weighted by Crippen LogP contribution is 1.95. The number of hydrogen-bond donors (Lipinski definition) is 1. The highest BCUT2D eigenvalue weighted by molar-refractivity contribution is 5.92. The van der Waals surface area contributed by atoms with Gasteiger partial charge in [0, 0.05) is 5.69 Å². The van der Waals surface area contributed by atoms with E-state index in [1.807, 2.05) is 12.8 Å². The number of aryl methyl sites for hydroxylation is 1. The summed E-state index contributed by atoms with van der Waals surface area (Å²) in [5.74, 6) is 1.52. The van der Waals surface area contributed by atoms with Crippen molar-refractivity contribution in [3.63, 3.8) is 0 Å². The Hall–Kier alpha value is -1.89. The van der Waals surface area contributed by atoms with E-state index >= 15 is 0 Å². The van der Waals surface area contributed by atoms with Crippen LogP contribution in [0.3, 0.4) is 0 Å². The van der Waals surface area contributed by atoms with E-state index in [0.29, 0.717) is 6.54 Å². The second-order valence-electron chi connectivity index (χ2n) is 2.48. The van der Waals surface area contributed by atoms with Crippen molar-refractivity contribution in [1.82, 2.24) is 15.3 Å². The van der Waals surface area contributed by atoms with Crippen molar-refractivity contribution in [2.24, 2.45) is 0 Å². The molecule has 13 heavy (non-hydrogen) atoms. The number of carbonyl (C=O) groups excluding carboxylic acids is 1. The standard InChI is InChI=1S/C9H9N3O/c1-3-9(13)10-5-8-4-7(2)11-6-12-8/h1,4,6H,5H2,2H3,(H,10,13). The van der Waals surface area contributed by atoms with Gasteiger partial charge in [-0.1, -0.05) is 0 Å². The van der Waals surface area contributed by atoms with Gasteiger partial charge in [-0.25, -0.2) is 9.97 Å². The maximum absolute atomic E-state index is 10.7. The van der Waals surface area contributed by atoms with Crippen LogP contribution in [0.2, 0.25) is 0 Å². The molecule has 0 fully saturated rings. The van der Waals surface area contributed by atoms with E-state index in [1.165, 1.54) is 6.33 Å². The van der Waals surface area contributed by atoms with Crippen LogP contribution in [-0.4, -0.2) is 15.9 Å². The Kier molecular flexibility index (Phi) is 2.98. The van der Waals surface area contributed by atoms with Gasteiger partial charge in [0.05, 0.1) is 12.2 Å². The Bertz CT molecular complexity index is 354. The van der Waals surface area contributed by atoms with Crippen molar-refractivity contribution in [3.8, 4) is 12.3 Å². The van der Waals surface area contributed by atoms with Crippen molar-refractivity contribution in [3.05, 3.63) is 23.8 Å². The zero-order valence-electron chi connectivity index (χ0n) is 7.24. The molecule has 1 aromatic rings. The monoisotopic (exact) mass is 175 g/mol. The van der Waals surface area contributed by atoms with Crippen molar-refractivity contribution >= 4 is 5.91 Å². The number of aromatic nitrogens is 2. The second kappa shape index (κ2) is 4.21. The van der Waals surface area contributed by atoms with E-state index in [4.69, 9.17) is 6.42 Å². The third-order valence-electron chi connectivity index (χ3n) is 1.42. The molecule has 0 bridgehead atoms. The number of hydrogen-bond acceptors (Lipinski definition) is 3. The number of terminal acetylenes is 1. The number of nitrogens with one attached hydrogen (secondary N) is 1. The van der Waals surface area contributed by atoms with Gasteiger partial charge in [-0.15, -0.1) is 6.42 Å². The molecule has 4 heteroatoms. The lowest BCUT2D eigenvalue weighted by molar-refractivity contribution is -0.115. The average Bonchev–Trinajstić information content (AvgIpc) is 2.14. The van der Waals surface area contributed by atoms with Crippen LogP contribution in [0.1, 0.15) is 11.4 Å². The van der Waals surface area contributed by atoms with E-state index in [2.05, 4.69) is 15.3 Å². The molecule has 0 aromatic carbocycles. The molecule has 0 aliphatic heterocycles. The molecule has 66 valence electrons. The molecular weight excluding hydrogens is 166 g/mol.